The first-order valence-electron chi connectivity index (χ1n) is 5.65. The van der Waals surface area contributed by atoms with Gasteiger partial charge in [-0.3, -0.25) is 0 Å². The lowest BCUT2D eigenvalue weighted by molar-refractivity contribution is 0.316. The number of sulfonamides is 1. The number of anilines is 1. The molecule has 1 saturated carbocycles. The molecule has 1 aromatic rings. The molecule has 0 aliphatic heterocycles. The lowest BCUT2D eigenvalue weighted by Gasteiger charge is -2.25. The number of hydrogen-bond donors (Lipinski definition) is 3. The van der Waals surface area contributed by atoms with Crippen LogP contribution in [-0.4, -0.2) is 19.9 Å². The summed E-state index contributed by atoms with van der Waals surface area (Å²) in [5.41, 5.74) is 2.29. The van der Waals surface area contributed by atoms with Crippen LogP contribution >= 0.6 is 15.9 Å². The number of hydrogen-bond acceptors (Lipinski definition) is 5. The predicted octanol–water partition coefficient (Wildman–Crippen LogP) is 1.21. The molecule has 2 rings (SSSR count). The number of nitrogens with one attached hydrogen (secondary N) is 2. The van der Waals surface area contributed by atoms with Crippen molar-refractivity contribution in [2.75, 3.05) is 12.0 Å². The Labute approximate surface area is 115 Å². The second-order valence-electron chi connectivity index (χ2n) is 4.29. The van der Waals surface area contributed by atoms with Crippen molar-refractivity contribution in [3.05, 3.63) is 16.7 Å². The lowest BCUT2D eigenvalue weighted by Crippen LogP contribution is -2.33. The van der Waals surface area contributed by atoms with E-state index in [1.807, 2.05) is 0 Å². The summed E-state index contributed by atoms with van der Waals surface area (Å²) in [5.74, 6) is 5.86. The Morgan fingerprint density at radius 3 is 2.78 bits per heavy atom. The molecule has 0 radical (unpaired) electrons. The van der Waals surface area contributed by atoms with Crippen LogP contribution < -0.4 is 16.0 Å². The Balaban J connectivity index is 2.19. The maximum atomic E-state index is 12.1. The molecule has 0 saturated heterocycles. The van der Waals surface area contributed by atoms with Gasteiger partial charge in [-0.15, -0.1) is 0 Å². The van der Waals surface area contributed by atoms with E-state index >= 15 is 0 Å². The number of pyridine rings is 1. The van der Waals surface area contributed by atoms with E-state index in [2.05, 4.69) is 31.1 Å². The van der Waals surface area contributed by atoms with Crippen molar-refractivity contribution >= 4 is 31.8 Å². The second kappa shape index (κ2) is 5.52. The first kappa shape index (κ1) is 13.7. The molecular weight excluding hydrogens is 320 g/mol. The minimum absolute atomic E-state index is 0.0544. The minimum Gasteiger partial charge on any atom is -0.307 e. The summed E-state index contributed by atoms with van der Waals surface area (Å²) in [6, 6.07) is 1.48. The highest BCUT2D eigenvalue weighted by Crippen LogP contribution is 2.27. The highest BCUT2D eigenvalue weighted by atomic mass is 79.9. The van der Waals surface area contributed by atoms with Gasteiger partial charge in [0, 0.05) is 17.2 Å². The van der Waals surface area contributed by atoms with E-state index in [-0.39, 0.29) is 10.7 Å². The summed E-state index contributed by atoms with van der Waals surface area (Å²) in [5, 5.41) is 0. The molecule has 18 heavy (non-hydrogen) atoms. The molecule has 100 valence electrons. The number of nitrogens with zero attached hydrogens (tertiary/aromatic N) is 1. The van der Waals surface area contributed by atoms with Gasteiger partial charge in [-0.1, -0.05) is 6.42 Å². The summed E-state index contributed by atoms with van der Waals surface area (Å²) < 4.78 is 27.5. The molecule has 6 nitrogen and oxygen atoms in total. The third-order valence-electron chi connectivity index (χ3n) is 3.03. The molecule has 1 aromatic heterocycles. The number of halogens is 1. The molecule has 0 bridgehead atoms. The van der Waals surface area contributed by atoms with Gasteiger partial charge in [0.1, 0.15) is 4.90 Å². The maximum absolute atomic E-state index is 12.1. The largest absolute Gasteiger partial charge is 0.307 e. The van der Waals surface area contributed by atoms with Crippen molar-refractivity contribution in [3.8, 4) is 0 Å². The highest BCUT2D eigenvalue weighted by Gasteiger charge is 2.23. The van der Waals surface area contributed by atoms with Crippen molar-refractivity contribution in [1.29, 1.82) is 0 Å². The molecule has 0 unspecified atom stereocenters. The molecule has 0 aromatic carbocycles. The topological polar surface area (TPSA) is 97.1 Å². The molecule has 1 heterocycles. The van der Waals surface area contributed by atoms with Crippen molar-refractivity contribution < 1.29 is 8.42 Å². The van der Waals surface area contributed by atoms with Crippen LogP contribution in [0.5, 0.6) is 0 Å². The third kappa shape index (κ3) is 3.00. The molecule has 8 heteroatoms. The number of nitrogens with two attached hydrogens (primary N) is 1. The Kier molecular flexibility index (Phi) is 4.21. The van der Waals surface area contributed by atoms with Gasteiger partial charge in [0.15, 0.2) is 5.82 Å². The van der Waals surface area contributed by atoms with Crippen LogP contribution in [-0.2, 0) is 10.0 Å². The normalized spacial score (nSPS) is 16.3. The molecule has 1 aliphatic rings. The zero-order chi connectivity index (χ0) is 13.2. The third-order valence-corrected chi connectivity index (χ3v) is 4.90. The van der Waals surface area contributed by atoms with Gasteiger partial charge >= 0.3 is 0 Å². The smallest absolute Gasteiger partial charge is 0.244 e. The molecule has 0 amide bonds. The van der Waals surface area contributed by atoms with E-state index in [0.29, 0.717) is 16.9 Å². The predicted molar refractivity (Wildman–Crippen MR) is 72.3 cm³/mol. The summed E-state index contributed by atoms with van der Waals surface area (Å²) >= 11 is 3.20. The van der Waals surface area contributed by atoms with E-state index in [9.17, 15) is 8.42 Å². The van der Waals surface area contributed by atoms with Crippen LogP contribution in [0.25, 0.3) is 0 Å². The lowest BCUT2D eigenvalue weighted by atomic mass is 9.86. The minimum atomic E-state index is -3.58. The van der Waals surface area contributed by atoms with Crippen LogP contribution in [0.4, 0.5) is 5.82 Å². The molecule has 0 spiro atoms. The van der Waals surface area contributed by atoms with Crippen LogP contribution in [0.2, 0.25) is 0 Å². The van der Waals surface area contributed by atoms with Crippen molar-refractivity contribution in [2.24, 2.45) is 11.8 Å². The van der Waals surface area contributed by atoms with E-state index < -0.39 is 10.0 Å². The molecule has 0 atom stereocenters. The number of nitrogen functional groups attached to an aromatic ring is 1. The zero-order valence-corrected chi connectivity index (χ0v) is 12.1. The first-order valence-corrected chi connectivity index (χ1v) is 7.92. The summed E-state index contributed by atoms with van der Waals surface area (Å²) in [6.07, 6.45) is 4.84. The number of rotatable bonds is 5. The van der Waals surface area contributed by atoms with Crippen LogP contribution in [0.1, 0.15) is 19.3 Å². The second-order valence-corrected chi connectivity index (χ2v) is 6.94. The molecule has 1 fully saturated rings. The van der Waals surface area contributed by atoms with E-state index in [4.69, 9.17) is 5.84 Å². The fraction of sp³-hybridized carbons (Fsp3) is 0.500. The van der Waals surface area contributed by atoms with Crippen LogP contribution in [0, 0.1) is 5.92 Å². The summed E-state index contributed by atoms with van der Waals surface area (Å²) in [7, 11) is -3.58. The van der Waals surface area contributed by atoms with Gasteiger partial charge < -0.3 is 5.43 Å². The maximum Gasteiger partial charge on any atom is 0.244 e. The standard InChI is InChI=1S/C10H15BrN4O2S/c11-8-4-9(10(15-12)13-6-8)18(16,17)14-5-7-2-1-3-7/h4,6-7,14H,1-3,5,12H2,(H,13,15). The van der Waals surface area contributed by atoms with E-state index in [1.54, 1.807) is 0 Å². The molecule has 4 N–H and O–H groups in total. The summed E-state index contributed by atoms with van der Waals surface area (Å²) in [4.78, 5) is 3.98. The SMILES string of the molecule is NNc1ncc(Br)cc1S(=O)(=O)NCC1CCC1. The zero-order valence-electron chi connectivity index (χ0n) is 9.69. The van der Waals surface area contributed by atoms with Gasteiger partial charge in [-0.05, 0) is 40.8 Å². The Morgan fingerprint density at radius 1 is 1.50 bits per heavy atom. The average molecular weight is 335 g/mol. The van der Waals surface area contributed by atoms with Gasteiger partial charge in [-0.25, -0.2) is 24.0 Å². The highest BCUT2D eigenvalue weighted by molar-refractivity contribution is 9.10. The molecule has 1 aliphatic carbocycles. The van der Waals surface area contributed by atoms with Crippen molar-refractivity contribution in [3.63, 3.8) is 0 Å². The number of aromatic nitrogens is 1. The average Bonchev–Trinajstić information content (AvgIpc) is 2.26. The van der Waals surface area contributed by atoms with Crippen LogP contribution in [0.3, 0.4) is 0 Å². The summed E-state index contributed by atoms with van der Waals surface area (Å²) in [6.45, 7) is 0.471. The van der Waals surface area contributed by atoms with Crippen molar-refractivity contribution in [1.82, 2.24) is 9.71 Å². The van der Waals surface area contributed by atoms with Gasteiger partial charge in [0.25, 0.3) is 0 Å². The van der Waals surface area contributed by atoms with Gasteiger partial charge in [0.2, 0.25) is 10.0 Å². The van der Waals surface area contributed by atoms with E-state index in [1.165, 1.54) is 18.7 Å². The fourth-order valence-electron chi connectivity index (χ4n) is 1.74. The Hall–Kier alpha value is -0.700. The van der Waals surface area contributed by atoms with Crippen molar-refractivity contribution in [2.45, 2.75) is 24.2 Å². The quantitative estimate of drug-likeness (QED) is 0.555. The molecular formula is C10H15BrN4O2S. The van der Waals surface area contributed by atoms with E-state index in [0.717, 1.165) is 12.8 Å². The fourth-order valence-corrected chi connectivity index (χ4v) is 3.48. The first-order chi connectivity index (χ1) is 8.53. The Morgan fingerprint density at radius 2 is 2.22 bits per heavy atom. The Bertz CT molecular complexity index is 531. The van der Waals surface area contributed by atoms with Gasteiger partial charge in [-0.2, -0.15) is 0 Å². The van der Waals surface area contributed by atoms with Gasteiger partial charge in [0.05, 0.1) is 0 Å². The monoisotopic (exact) mass is 334 g/mol. The number of hydrazine groups is 1. The van der Waals surface area contributed by atoms with Crippen LogP contribution in [0.15, 0.2) is 21.6 Å².